The van der Waals surface area contributed by atoms with Gasteiger partial charge in [-0.15, -0.1) is 0 Å². The maximum absolute atomic E-state index is 11.7. The molecule has 0 radical (unpaired) electrons. The summed E-state index contributed by atoms with van der Waals surface area (Å²) >= 11 is 0. The molecule has 0 aliphatic heterocycles. The largest absolute Gasteiger partial charge is 0.462 e. The number of carbonyl (C=O) groups excluding carboxylic acids is 1. The Balaban J connectivity index is 2.20. The number of esters is 1. The fourth-order valence-corrected chi connectivity index (χ4v) is 2.96. The third kappa shape index (κ3) is 3.92. The van der Waals surface area contributed by atoms with Gasteiger partial charge in [-0.2, -0.15) is 0 Å². The molecule has 0 amide bonds. The highest BCUT2D eigenvalue weighted by Crippen LogP contribution is 2.24. The second-order valence-corrected chi connectivity index (χ2v) is 7.37. The summed E-state index contributed by atoms with van der Waals surface area (Å²) in [5, 5.41) is 3.19. The van der Waals surface area contributed by atoms with Crippen molar-refractivity contribution in [3.63, 3.8) is 0 Å². The zero-order valence-electron chi connectivity index (χ0n) is 13.3. The molecule has 124 valence electrons. The zero-order valence-corrected chi connectivity index (χ0v) is 14.1. The van der Waals surface area contributed by atoms with Crippen LogP contribution in [-0.2, 0) is 19.4 Å². The second-order valence-electron chi connectivity index (χ2n) is 5.36. The Hall–Kier alpha value is -2.28. The van der Waals surface area contributed by atoms with Crippen LogP contribution in [0.4, 0.5) is 5.69 Å². The first-order valence-electron chi connectivity index (χ1n) is 7.15. The maximum atomic E-state index is 11.7. The molecule has 0 saturated heterocycles. The molecule has 0 bridgehead atoms. The molecule has 0 heterocycles. The minimum atomic E-state index is -3.24. The van der Waals surface area contributed by atoms with Gasteiger partial charge in [0.05, 0.1) is 23.1 Å². The molecule has 1 aromatic carbocycles. The van der Waals surface area contributed by atoms with Crippen LogP contribution in [0.5, 0.6) is 0 Å². The summed E-state index contributed by atoms with van der Waals surface area (Å²) in [5.41, 5.74) is 8.38. The molecule has 2 rings (SSSR count). The standard InChI is InChI=1S/C16H20N2O4S/c1-4-22-16(19)11-8-13(17)15(9-11)18-14-6-5-12(7-10(14)2)23(3,20)21/h5-9,15,18H,4,17H2,1-3H3. The molecular weight excluding hydrogens is 316 g/mol. The van der Waals surface area contributed by atoms with E-state index in [4.69, 9.17) is 10.5 Å². The number of nitrogens with one attached hydrogen (secondary N) is 1. The van der Waals surface area contributed by atoms with Crippen LogP contribution >= 0.6 is 0 Å². The summed E-state index contributed by atoms with van der Waals surface area (Å²) in [7, 11) is -3.24. The van der Waals surface area contributed by atoms with Crippen molar-refractivity contribution in [1.82, 2.24) is 0 Å². The van der Waals surface area contributed by atoms with Gasteiger partial charge in [-0.25, -0.2) is 13.2 Å². The van der Waals surface area contributed by atoms with E-state index < -0.39 is 15.8 Å². The van der Waals surface area contributed by atoms with E-state index in [1.807, 2.05) is 6.92 Å². The number of anilines is 1. The van der Waals surface area contributed by atoms with Crippen molar-refractivity contribution in [3.05, 3.63) is 47.2 Å². The van der Waals surface area contributed by atoms with Gasteiger partial charge in [-0.05, 0) is 49.8 Å². The lowest BCUT2D eigenvalue weighted by atomic mass is 10.1. The van der Waals surface area contributed by atoms with Crippen molar-refractivity contribution in [2.75, 3.05) is 18.2 Å². The van der Waals surface area contributed by atoms with Gasteiger partial charge in [0.15, 0.2) is 9.84 Å². The van der Waals surface area contributed by atoms with Crippen molar-refractivity contribution < 1.29 is 17.9 Å². The Bertz CT molecular complexity index is 794. The van der Waals surface area contributed by atoms with Gasteiger partial charge in [0.25, 0.3) is 0 Å². The van der Waals surface area contributed by atoms with E-state index in [0.29, 0.717) is 17.9 Å². The molecule has 6 nitrogen and oxygen atoms in total. The molecule has 1 atom stereocenters. The van der Waals surface area contributed by atoms with Crippen molar-refractivity contribution in [2.45, 2.75) is 24.8 Å². The van der Waals surface area contributed by atoms with Gasteiger partial charge in [0.1, 0.15) is 0 Å². The zero-order chi connectivity index (χ0) is 17.2. The number of benzene rings is 1. The van der Waals surface area contributed by atoms with E-state index >= 15 is 0 Å². The van der Waals surface area contributed by atoms with E-state index in [1.54, 1.807) is 31.2 Å². The van der Waals surface area contributed by atoms with E-state index in [1.165, 1.54) is 12.3 Å². The van der Waals surface area contributed by atoms with Gasteiger partial charge < -0.3 is 15.8 Å². The van der Waals surface area contributed by atoms with Crippen LogP contribution in [0.25, 0.3) is 0 Å². The highest BCUT2D eigenvalue weighted by atomic mass is 32.2. The Morgan fingerprint density at radius 2 is 2.09 bits per heavy atom. The van der Waals surface area contributed by atoms with Gasteiger partial charge in [-0.3, -0.25) is 0 Å². The van der Waals surface area contributed by atoms with Gasteiger partial charge in [0, 0.05) is 17.6 Å². The fraction of sp³-hybridized carbons (Fsp3) is 0.312. The van der Waals surface area contributed by atoms with Crippen molar-refractivity contribution >= 4 is 21.5 Å². The van der Waals surface area contributed by atoms with Crippen LogP contribution in [0.3, 0.4) is 0 Å². The van der Waals surface area contributed by atoms with Crippen LogP contribution in [-0.4, -0.2) is 33.3 Å². The highest BCUT2D eigenvalue weighted by Gasteiger charge is 2.22. The topological polar surface area (TPSA) is 98.5 Å². The van der Waals surface area contributed by atoms with E-state index in [9.17, 15) is 13.2 Å². The lowest BCUT2D eigenvalue weighted by molar-refractivity contribution is -0.138. The third-order valence-electron chi connectivity index (χ3n) is 3.48. The highest BCUT2D eigenvalue weighted by molar-refractivity contribution is 7.90. The minimum Gasteiger partial charge on any atom is -0.462 e. The van der Waals surface area contributed by atoms with Gasteiger partial charge in [0.2, 0.25) is 0 Å². The normalized spacial score (nSPS) is 17.4. The molecule has 1 aliphatic carbocycles. The molecule has 3 N–H and O–H groups in total. The van der Waals surface area contributed by atoms with Crippen LogP contribution in [0.2, 0.25) is 0 Å². The quantitative estimate of drug-likeness (QED) is 0.791. The van der Waals surface area contributed by atoms with Gasteiger partial charge >= 0.3 is 5.97 Å². The predicted octanol–water partition coefficient (Wildman–Crippen LogP) is 1.52. The summed E-state index contributed by atoms with van der Waals surface area (Å²) in [6, 6.07) is 4.49. The molecule has 0 saturated carbocycles. The molecule has 1 unspecified atom stereocenters. The predicted molar refractivity (Wildman–Crippen MR) is 88.7 cm³/mol. The number of nitrogens with two attached hydrogens (primary N) is 1. The summed E-state index contributed by atoms with van der Waals surface area (Å²) < 4.78 is 28.1. The lowest BCUT2D eigenvalue weighted by Gasteiger charge is -2.16. The van der Waals surface area contributed by atoms with E-state index in [-0.39, 0.29) is 10.9 Å². The summed E-state index contributed by atoms with van der Waals surface area (Å²) in [5.74, 6) is -0.413. The van der Waals surface area contributed by atoms with E-state index in [0.717, 1.165) is 11.3 Å². The fourth-order valence-electron chi connectivity index (χ4n) is 2.26. The molecule has 23 heavy (non-hydrogen) atoms. The SMILES string of the molecule is CCOC(=O)C1=CC(Nc2ccc(S(C)(=O)=O)cc2C)C(N)=C1. The molecular formula is C16H20N2O4S. The summed E-state index contributed by atoms with van der Waals surface area (Å²) in [6.45, 7) is 3.85. The van der Waals surface area contributed by atoms with E-state index in [2.05, 4.69) is 5.32 Å². The van der Waals surface area contributed by atoms with Crippen LogP contribution in [0, 0.1) is 6.92 Å². The molecule has 0 aromatic heterocycles. The minimum absolute atomic E-state index is 0.262. The lowest BCUT2D eigenvalue weighted by Crippen LogP contribution is -2.22. The maximum Gasteiger partial charge on any atom is 0.337 e. The Morgan fingerprint density at radius 1 is 1.39 bits per heavy atom. The number of carbonyl (C=O) groups is 1. The molecule has 7 heteroatoms. The van der Waals surface area contributed by atoms with Crippen LogP contribution in [0.1, 0.15) is 12.5 Å². The average molecular weight is 336 g/mol. The van der Waals surface area contributed by atoms with Crippen molar-refractivity contribution in [2.24, 2.45) is 5.73 Å². The second kappa shape index (κ2) is 6.45. The Morgan fingerprint density at radius 3 is 2.65 bits per heavy atom. The monoisotopic (exact) mass is 336 g/mol. The summed E-state index contributed by atoms with van der Waals surface area (Å²) in [6.07, 6.45) is 4.44. The van der Waals surface area contributed by atoms with Gasteiger partial charge in [-0.1, -0.05) is 0 Å². The molecule has 0 spiro atoms. The van der Waals surface area contributed by atoms with Crippen molar-refractivity contribution in [1.29, 1.82) is 0 Å². The molecule has 0 fully saturated rings. The third-order valence-corrected chi connectivity index (χ3v) is 4.59. The first-order chi connectivity index (χ1) is 10.7. The number of hydrogen-bond acceptors (Lipinski definition) is 6. The number of hydrogen-bond donors (Lipinski definition) is 2. The number of sulfone groups is 1. The first-order valence-corrected chi connectivity index (χ1v) is 9.04. The first kappa shape index (κ1) is 17.1. The van der Waals surface area contributed by atoms with Crippen molar-refractivity contribution in [3.8, 4) is 0 Å². The Kier molecular flexibility index (Phi) is 4.79. The number of ether oxygens (including phenoxy) is 1. The molecule has 1 aromatic rings. The summed E-state index contributed by atoms with van der Waals surface area (Å²) in [4.78, 5) is 12.0. The van der Waals surface area contributed by atoms with Crippen LogP contribution in [0.15, 0.2) is 46.5 Å². The molecule has 1 aliphatic rings. The number of aryl methyl sites for hydroxylation is 1. The smallest absolute Gasteiger partial charge is 0.337 e. The number of rotatable bonds is 5. The average Bonchev–Trinajstić information content (AvgIpc) is 2.81. The van der Waals surface area contributed by atoms with Crippen LogP contribution < -0.4 is 11.1 Å². The Labute approximate surface area is 135 Å².